The van der Waals surface area contributed by atoms with Gasteiger partial charge in [0.15, 0.2) is 0 Å². The van der Waals surface area contributed by atoms with Crippen LogP contribution in [0, 0.1) is 0 Å². The van der Waals surface area contributed by atoms with Gasteiger partial charge in [-0.25, -0.2) is 0 Å². The standard InChI is InChI=1S/C9H12BrNOS/c1-2-5-13(12)9-6-7(10)3-4-8(9)11/h3-4,6H,2,5,11H2,1H3. The maximum Gasteiger partial charge on any atom is 0.0628 e. The number of hydrogen-bond acceptors (Lipinski definition) is 2. The van der Waals surface area contributed by atoms with Crippen molar-refractivity contribution in [1.29, 1.82) is 0 Å². The van der Waals surface area contributed by atoms with E-state index in [4.69, 9.17) is 5.73 Å². The van der Waals surface area contributed by atoms with Gasteiger partial charge >= 0.3 is 0 Å². The third kappa shape index (κ3) is 2.81. The monoisotopic (exact) mass is 261 g/mol. The van der Waals surface area contributed by atoms with Crippen LogP contribution in [0.4, 0.5) is 5.69 Å². The summed E-state index contributed by atoms with van der Waals surface area (Å²) in [4.78, 5) is 0.733. The molecule has 0 heterocycles. The first kappa shape index (κ1) is 10.7. The summed E-state index contributed by atoms with van der Waals surface area (Å²) in [5.41, 5.74) is 6.31. The van der Waals surface area contributed by atoms with Crippen molar-refractivity contribution in [2.45, 2.75) is 18.2 Å². The Balaban J connectivity index is 2.99. The summed E-state index contributed by atoms with van der Waals surface area (Å²) in [6.07, 6.45) is 0.901. The van der Waals surface area contributed by atoms with E-state index in [9.17, 15) is 4.21 Å². The molecule has 1 atom stereocenters. The van der Waals surface area contributed by atoms with E-state index in [1.807, 2.05) is 19.1 Å². The lowest BCUT2D eigenvalue weighted by Gasteiger charge is -2.04. The fourth-order valence-corrected chi connectivity index (χ4v) is 2.69. The molecule has 1 aromatic rings. The maximum atomic E-state index is 11.6. The van der Waals surface area contributed by atoms with Crippen molar-refractivity contribution in [3.63, 3.8) is 0 Å². The molecule has 2 nitrogen and oxygen atoms in total. The molecule has 0 saturated heterocycles. The highest BCUT2D eigenvalue weighted by molar-refractivity contribution is 9.10. The molecule has 0 saturated carbocycles. The summed E-state index contributed by atoms with van der Waals surface area (Å²) in [7, 11) is -0.960. The van der Waals surface area contributed by atoms with E-state index in [0.29, 0.717) is 11.4 Å². The second-order valence-corrected chi connectivity index (χ2v) is 5.19. The number of benzene rings is 1. The van der Waals surface area contributed by atoms with E-state index in [0.717, 1.165) is 15.8 Å². The Bertz CT molecular complexity index is 327. The Morgan fingerprint density at radius 1 is 1.54 bits per heavy atom. The molecule has 0 bridgehead atoms. The highest BCUT2D eigenvalue weighted by Gasteiger charge is 2.06. The number of halogens is 1. The Morgan fingerprint density at radius 2 is 2.23 bits per heavy atom. The van der Waals surface area contributed by atoms with Crippen molar-refractivity contribution in [1.82, 2.24) is 0 Å². The summed E-state index contributed by atoms with van der Waals surface area (Å²) < 4.78 is 12.5. The minimum Gasteiger partial charge on any atom is -0.398 e. The Kier molecular flexibility index (Phi) is 3.93. The normalized spacial score (nSPS) is 12.8. The van der Waals surface area contributed by atoms with Crippen molar-refractivity contribution in [3.8, 4) is 0 Å². The zero-order chi connectivity index (χ0) is 9.84. The average molecular weight is 262 g/mol. The van der Waals surface area contributed by atoms with E-state index in [1.165, 1.54) is 0 Å². The zero-order valence-electron chi connectivity index (χ0n) is 7.42. The van der Waals surface area contributed by atoms with Gasteiger partial charge in [0.05, 0.1) is 15.7 Å². The molecule has 0 aliphatic carbocycles. The van der Waals surface area contributed by atoms with Crippen LogP contribution in [0.2, 0.25) is 0 Å². The average Bonchev–Trinajstić information content (AvgIpc) is 2.09. The molecule has 2 N–H and O–H groups in total. The third-order valence-electron chi connectivity index (χ3n) is 1.61. The molecule has 0 aliphatic rings. The lowest BCUT2D eigenvalue weighted by atomic mass is 10.3. The van der Waals surface area contributed by atoms with Gasteiger partial charge in [0.2, 0.25) is 0 Å². The molecule has 1 aromatic carbocycles. The molecule has 4 heteroatoms. The van der Waals surface area contributed by atoms with Gasteiger partial charge in [-0.05, 0) is 24.6 Å². The molecular weight excluding hydrogens is 250 g/mol. The van der Waals surface area contributed by atoms with Crippen molar-refractivity contribution >= 4 is 32.4 Å². The molecule has 1 unspecified atom stereocenters. The van der Waals surface area contributed by atoms with Crippen LogP contribution in [0.25, 0.3) is 0 Å². The van der Waals surface area contributed by atoms with Crippen LogP contribution in [0.15, 0.2) is 27.6 Å². The van der Waals surface area contributed by atoms with E-state index < -0.39 is 10.8 Å². The second-order valence-electron chi connectivity index (χ2n) is 2.73. The van der Waals surface area contributed by atoms with Gasteiger partial charge in [0.1, 0.15) is 0 Å². The molecule has 0 aromatic heterocycles. The van der Waals surface area contributed by atoms with Crippen molar-refractivity contribution in [3.05, 3.63) is 22.7 Å². The SMILES string of the molecule is CCCS(=O)c1cc(Br)ccc1N. The fourth-order valence-electron chi connectivity index (χ4n) is 1.00. The molecule has 1 rings (SSSR count). The summed E-state index contributed by atoms with van der Waals surface area (Å²) in [6, 6.07) is 5.44. The smallest absolute Gasteiger partial charge is 0.0628 e. The van der Waals surface area contributed by atoms with Gasteiger partial charge in [-0.1, -0.05) is 22.9 Å². The van der Waals surface area contributed by atoms with E-state index in [2.05, 4.69) is 15.9 Å². The molecule has 0 spiro atoms. The van der Waals surface area contributed by atoms with Crippen molar-refractivity contribution in [2.75, 3.05) is 11.5 Å². The van der Waals surface area contributed by atoms with E-state index in [1.54, 1.807) is 6.07 Å². The largest absolute Gasteiger partial charge is 0.398 e. The Hall–Kier alpha value is -0.350. The minimum atomic E-state index is -0.960. The van der Waals surface area contributed by atoms with Crippen LogP contribution in [-0.4, -0.2) is 9.96 Å². The lowest BCUT2D eigenvalue weighted by molar-refractivity contribution is 0.682. The van der Waals surface area contributed by atoms with Crippen LogP contribution in [0.1, 0.15) is 13.3 Å². The van der Waals surface area contributed by atoms with Crippen LogP contribution in [-0.2, 0) is 10.8 Å². The Morgan fingerprint density at radius 3 is 2.85 bits per heavy atom. The van der Waals surface area contributed by atoms with Crippen LogP contribution in [0.3, 0.4) is 0 Å². The molecular formula is C9H12BrNOS. The van der Waals surface area contributed by atoms with Gasteiger partial charge < -0.3 is 5.73 Å². The maximum absolute atomic E-state index is 11.6. The number of hydrogen-bond donors (Lipinski definition) is 1. The zero-order valence-corrected chi connectivity index (χ0v) is 9.82. The minimum absolute atomic E-state index is 0.606. The number of nitrogens with two attached hydrogens (primary N) is 1. The van der Waals surface area contributed by atoms with Gasteiger partial charge in [-0.2, -0.15) is 0 Å². The topological polar surface area (TPSA) is 43.1 Å². The predicted molar refractivity (Wildman–Crippen MR) is 60.1 cm³/mol. The van der Waals surface area contributed by atoms with E-state index >= 15 is 0 Å². The highest BCUT2D eigenvalue weighted by atomic mass is 79.9. The first-order chi connectivity index (χ1) is 6.15. The molecule has 0 radical (unpaired) electrons. The van der Waals surface area contributed by atoms with Crippen molar-refractivity contribution in [2.24, 2.45) is 0 Å². The highest BCUT2D eigenvalue weighted by Crippen LogP contribution is 2.21. The van der Waals surface area contributed by atoms with Crippen LogP contribution >= 0.6 is 15.9 Å². The van der Waals surface area contributed by atoms with Crippen molar-refractivity contribution < 1.29 is 4.21 Å². The molecule has 13 heavy (non-hydrogen) atoms. The van der Waals surface area contributed by atoms with Gasteiger partial charge in [0, 0.05) is 15.9 Å². The lowest BCUT2D eigenvalue weighted by Crippen LogP contribution is -2.01. The Labute approximate surface area is 89.1 Å². The summed E-state index contributed by atoms with van der Waals surface area (Å²) in [5, 5.41) is 0. The summed E-state index contributed by atoms with van der Waals surface area (Å²) >= 11 is 3.33. The molecule has 0 aliphatic heterocycles. The first-order valence-electron chi connectivity index (χ1n) is 4.08. The second kappa shape index (κ2) is 4.77. The third-order valence-corrected chi connectivity index (χ3v) is 3.73. The van der Waals surface area contributed by atoms with E-state index in [-0.39, 0.29) is 0 Å². The van der Waals surface area contributed by atoms with Gasteiger partial charge in [-0.15, -0.1) is 0 Å². The number of rotatable bonds is 3. The van der Waals surface area contributed by atoms with Crippen LogP contribution < -0.4 is 5.73 Å². The first-order valence-corrected chi connectivity index (χ1v) is 6.19. The molecule has 0 amide bonds. The summed E-state index contributed by atoms with van der Waals surface area (Å²) in [5.74, 6) is 0.667. The van der Waals surface area contributed by atoms with Gasteiger partial charge in [0.25, 0.3) is 0 Å². The van der Waals surface area contributed by atoms with Gasteiger partial charge in [-0.3, -0.25) is 4.21 Å². The summed E-state index contributed by atoms with van der Waals surface area (Å²) in [6.45, 7) is 2.01. The predicted octanol–water partition coefficient (Wildman–Crippen LogP) is 2.55. The fraction of sp³-hybridized carbons (Fsp3) is 0.333. The number of nitrogen functional groups attached to an aromatic ring is 1. The molecule has 0 fully saturated rings. The number of anilines is 1. The van der Waals surface area contributed by atoms with Crippen LogP contribution in [0.5, 0.6) is 0 Å². The molecule has 72 valence electrons. The quantitative estimate of drug-likeness (QED) is 0.851.